The maximum absolute atomic E-state index is 15.5. The molecule has 0 N–H and O–H groups in total. The molecule has 8 heteroatoms. The lowest BCUT2D eigenvalue weighted by Crippen LogP contribution is -2.34. The molecule has 0 amide bonds. The molecule has 0 fully saturated rings. The zero-order valence-corrected chi connectivity index (χ0v) is 19.4. The summed E-state index contributed by atoms with van der Waals surface area (Å²) in [5, 5.41) is 0. The van der Waals surface area contributed by atoms with Crippen molar-refractivity contribution in [1.29, 1.82) is 0 Å². The Labute approximate surface area is 187 Å². The number of aromatic nitrogens is 1. The van der Waals surface area contributed by atoms with Gasteiger partial charge in [-0.05, 0) is 29.5 Å². The Kier molecular flexibility index (Phi) is 6.93. The first kappa shape index (κ1) is 23.8. The summed E-state index contributed by atoms with van der Waals surface area (Å²) < 4.78 is 38.3. The summed E-state index contributed by atoms with van der Waals surface area (Å²) in [5.74, 6) is -0.859. The number of rotatable bonds is 7. The number of hydrogen-bond donors (Lipinski definition) is 0. The van der Waals surface area contributed by atoms with Crippen molar-refractivity contribution in [3.05, 3.63) is 45.5 Å². The van der Waals surface area contributed by atoms with Crippen LogP contribution in [-0.2, 0) is 15.9 Å². The van der Waals surface area contributed by atoms with Gasteiger partial charge in [-0.15, -0.1) is 0 Å². The quantitative estimate of drug-likeness (QED) is 0.472. The second-order valence-corrected chi connectivity index (χ2v) is 8.87. The predicted octanol–water partition coefficient (Wildman–Crippen LogP) is 4.01. The van der Waals surface area contributed by atoms with Gasteiger partial charge in [0.25, 0.3) is 0 Å². The first-order chi connectivity index (χ1) is 15.1. The van der Waals surface area contributed by atoms with Crippen LogP contribution in [0.1, 0.15) is 49.2 Å². The zero-order chi connectivity index (χ0) is 23.6. The molecule has 7 nitrogen and oxygen atoms in total. The van der Waals surface area contributed by atoms with E-state index in [0.29, 0.717) is 43.1 Å². The minimum Gasteiger partial charge on any atom is -0.493 e. The van der Waals surface area contributed by atoms with Crippen molar-refractivity contribution in [3.63, 3.8) is 0 Å². The van der Waals surface area contributed by atoms with Gasteiger partial charge in [-0.1, -0.05) is 20.8 Å². The molecule has 0 spiro atoms. The molecule has 0 aliphatic carbocycles. The lowest BCUT2D eigenvalue weighted by molar-refractivity contribution is 0.0596. The number of benzene rings is 1. The van der Waals surface area contributed by atoms with Crippen molar-refractivity contribution in [1.82, 2.24) is 4.57 Å². The van der Waals surface area contributed by atoms with E-state index in [1.807, 2.05) is 26.8 Å². The molecule has 0 bridgehead atoms. The molecule has 3 rings (SSSR count). The summed E-state index contributed by atoms with van der Waals surface area (Å²) in [5.41, 5.74) is -0.0814. The molecular weight excluding hydrogens is 417 g/mol. The number of carbonyl (C=O) groups is 1. The smallest absolute Gasteiger partial charge is 0.343 e. The molecule has 0 unspecified atom stereocenters. The van der Waals surface area contributed by atoms with E-state index in [9.17, 15) is 9.59 Å². The molecular formula is C24H30FNO6. The number of pyridine rings is 1. The Morgan fingerprint density at radius 2 is 1.88 bits per heavy atom. The number of esters is 1. The molecule has 174 valence electrons. The maximum Gasteiger partial charge on any atom is 0.343 e. The van der Waals surface area contributed by atoms with Crippen molar-refractivity contribution in [2.45, 2.75) is 39.7 Å². The van der Waals surface area contributed by atoms with Crippen LogP contribution in [0.3, 0.4) is 0 Å². The Morgan fingerprint density at radius 3 is 2.47 bits per heavy atom. The standard InChI is InChI=1S/C24H30FNO6/c1-24(2,3)19-11-14-10-18(32-9-7-8-29-4)17(30-5)12-15(14)21-20(25)22(27)16(13-26(19)21)23(28)31-6/h10,12-13,19H,7-9,11H2,1-6H3/t19-/m0/s1. The molecule has 1 aliphatic rings. The Bertz CT molecular complexity index is 1070. The summed E-state index contributed by atoms with van der Waals surface area (Å²) in [6.45, 7) is 7.12. The zero-order valence-electron chi connectivity index (χ0n) is 19.4. The normalized spacial score (nSPS) is 15.0. The van der Waals surface area contributed by atoms with Gasteiger partial charge < -0.3 is 23.5 Å². The van der Waals surface area contributed by atoms with Crippen LogP contribution in [0.4, 0.5) is 4.39 Å². The van der Waals surface area contributed by atoms with E-state index in [1.54, 1.807) is 17.7 Å². The lowest BCUT2D eigenvalue weighted by atomic mass is 9.78. The van der Waals surface area contributed by atoms with Crippen LogP contribution >= 0.6 is 0 Å². The van der Waals surface area contributed by atoms with Gasteiger partial charge in [0.2, 0.25) is 5.43 Å². The highest BCUT2D eigenvalue weighted by Crippen LogP contribution is 2.46. The van der Waals surface area contributed by atoms with Crippen molar-refractivity contribution >= 4 is 5.97 Å². The lowest BCUT2D eigenvalue weighted by Gasteiger charge is -2.39. The van der Waals surface area contributed by atoms with Crippen LogP contribution in [0.2, 0.25) is 0 Å². The summed E-state index contributed by atoms with van der Waals surface area (Å²) in [4.78, 5) is 24.8. The molecule has 0 radical (unpaired) electrons. The molecule has 2 aromatic rings. The van der Waals surface area contributed by atoms with Crippen LogP contribution in [0, 0.1) is 11.2 Å². The number of halogens is 1. The number of hydrogen-bond acceptors (Lipinski definition) is 6. The van der Waals surface area contributed by atoms with Crippen LogP contribution in [0.15, 0.2) is 23.1 Å². The molecule has 0 saturated heterocycles. The van der Waals surface area contributed by atoms with E-state index in [1.165, 1.54) is 20.4 Å². The fourth-order valence-electron chi connectivity index (χ4n) is 4.04. The third-order valence-corrected chi connectivity index (χ3v) is 5.73. The van der Waals surface area contributed by atoms with Gasteiger partial charge in [0.05, 0.1) is 26.5 Å². The third-order valence-electron chi connectivity index (χ3n) is 5.73. The van der Waals surface area contributed by atoms with Crippen LogP contribution < -0.4 is 14.9 Å². The fraction of sp³-hybridized carbons (Fsp3) is 0.500. The van der Waals surface area contributed by atoms with Gasteiger partial charge in [0, 0.05) is 37.9 Å². The minimum atomic E-state index is -0.987. The average molecular weight is 448 g/mol. The topological polar surface area (TPSA) is 76.0 Å². The number of carbonyl (C=O) groups excluding carboxylic acids is 1. The summed E-state index contributed by atoms with van der Waals surface area (Å²) in [6, 6.07) is 3.33. The second-order valence-electron chi connectivity index (χ2n) is 8.87. The first-order valence-electron chi connectivity index (χ1n) is 10.5. The summed E-state index contributed by atoms with van der Waals surface area (Å²) in [7, 11) is 4.30. The van der Waals surface area contributed by atoms with E-state index in [0.717, 1.165) is 5.56 Å². The largest absolute Gasteiger partial charge is 0.493 e. The second kappa shape index (κ2) is 9.32. The van der Waals surface area contributed by atoms with E-state index in [-0.39, 0.29) is 22.7 Å². The maximum atomic E-state index is 15.5. The van der Waals surface area contributed by atoms with Gasteiger partial charge in [0.1, 0.15) is 5.56 Å². The third kappa shape index (κ3) is 4.37. The fourth-order valence-corrected chi connectivity index (χ4v) is 4.04. The number of methoxy groups -OCH3 is 3. The first-order valence-corrected chi connectivity index (χ1v) is 10.5. The highest BCUT2D eigenvalue weighted by molar-refractivity contribution is 5.89. The molecule has 1 aliphatic heterocycles. The Balaban J connectivity index is 2.21. The predicted molar refractivity (Wildman–Crippen MR) is 118 cm³/mol. The minimum absolute atomic E-state index is 0.132. The van der Waals surface area contributed by atoms with Crippen LogP contribution in [0.5, 0.6) is 11.5 Å². The van der Waals surface area contributed by atoms with Gasteiger partial charge in [-0.25, -0.2) is 9.18 Å². The molecule has 1 aromatic carbocycles. The van der Waals surface area contributed by atoms with E-state index in [4.69, 9.17) is 18.9 Å². The van der Waals surface area contributed by atoms with E-state index in [2.05, 4.69) is 0 Å². The molecule has 1 aromatic heterocycles. The van der Waals surface area contributed by atoms with Crippen LogP contribution in [0.25, 0.3) is 11.3 Å². The van der Waals surface area contributed by atoms with Gasteiger partial charge in [-0.2, -0.15) is 0 Å². The number of nitrogens with zero attached hydrogens (tertiary/aromatic N) is 1. The van der Waals surface area contributed by atoms with Crippen molar-refractivity contribution in [3.8, 4) is 22.8 Å². The Hall–Kier alpha value is -2.87. The number of ether oxygens (including phenoxy) is 4. The average Bonchev–Trinajstić information content (AvgIpc) is 2.76. The van der Waals surface area contributed by atoms with Gasteiger partial charge in [0.15, 0.2) is 17.3 Å². The number of fused-ring (bicyclic) bond motifs is 3. The highest BCUT2D eigenvalue weighted by atomic mass is 19.1. The molecule has 32 heavy (non-hydrogen) atoms. The van der Waals surface area contributed by atoms with E-state index >= 15 is 4.39 Å². The SMILES string of the molecule is COCCCOc1cc2c(cc1OC)-c1c(F)c(=O)c(C(=O)OC)cn1[C@H](C(C)(C)C)C2. The van der Waals surface area contributed by atoms with Crippen LogP contribution in [-0.4, -0.2) is 45.1 Å². The highest BCUT2D eigenvalue weighted by Gasteiger charge is 2.36. The van der Waals surface area contributed by atoms with E-state index < -0.39 is 17.2 Å². The Morgan fingerprint density at radius 1 is 1.16 bits per heavy atom. The molecule has 2 heterocycles. The summed E-state index contributed by atoms with van der Waals surface area (Å²) in [6.07, 6.45) is 2.69. The van der Waals surface area contributed by atoms with Crippen molar-refractivity contribution in [2.24, 2.45) is 5.41 Å². The molecule has 0 saturated carbocycles. The van der Waals surface area contributed by atoms with Crippen molar-refractivity contribution in [2.75, 3.05) is 34.5 Å². The summed E-state index contributed by atoms with van der Waals surface area (Å²) >= 11 is 0. The van der Waals surface area contributed by atoms with Gasteiger partial charge >= 0.3 is 5.97 Å². The van der Waals surface area contributed by atoms with Gasteiger partial charge in [-0.3, -0.25) is 4.79 Å². The monoisotopic (exact) mass is 447 g/mol. The molecule has 1 atom stereocenters. The van der Waals surface area contributed by atoms with Crippen molar-refractivity contribution < 1.29 is 28.1 Å².